The van der Waals surface area contributed by atoms with Crippen LogP contribution in [0.3, 0.4) is 0 Å². The Hall–Kier alpha value is -3.02. The highest BCUT2D eigenvalue weighted by atomic mass is 16.5. The van der Waals surface area contributed by atoms with E-state index in [4.69, 9.17) is 14.2 Å². The lowest BCUT2D eigenvalue weighted by Gasteiger charge is -2.18. The lowest BCUT2D eigenvalue weighted by atomic mass is 9.90. The molecular formula is C23H27NO5. The van der Waals surface area contributed by atoms with E-state index < -0.39 is 0 Å². The maximum absolute atomic E-state index is 12.7. The molecule has 0 spiro atoms. The summed E-state index contributed by atoms with van der Waals surface area (Å²) in [7, 11) is 3.22. The Balaban J connectivity index is 1.67. The Labute approximate surface area is 171 Å². The highest BCUT2D eigenvalue weighted by Crippen LogP contribution is 2.46. The third-order valence-electron chi connectivity index (χ3n) is 5.11. The monoisotopic (exact) mass is 397 g/mol. The smallest absolute Gasteiger partial charge is 0.338 e. The first kappa shape index (κ1) is 20.7. The summed E-state index contributed by atoms with van der Waals surface area (Å²) in [6.45, 7) is 2.09. The van der Waals surface area contributed by atoms with Crippen LogP contribution in [0.5, 0.6) is 11.5 Å². The minimum absolute atomic E-state index is 0.0550. The molecule has 1 aliphatic carbocycles. The van der Waals surface area contributed by atoms with Crippen LogP contribution in [0, 0.1) is 5.92 Å². The van der Waals surface area contributed by atoms with Crippen LogP contribution >= 0.6 is 0 Å². The Bertz CT molecular complexity index is 858. The van der Waals surface area contributed by atoms with E-state index in [2.05, 4.69) is 5.32 Å². The lowest BCUT2D eigenvalue weighted by molar-refractivity contribution is -0.116. The molecule has 1 atom stereocenters. The van der Waals surface area contributed by atoms with E-state index in [-0.39, 0.29) is 17.8 Å². The van der Waals surface area contributed by atoms with Crippen molar-refractivity contribution in [2.45, 2.75) is 32.1 Å². The van der Waals surface area contributed by atoms with Crippen LogP contribution in [0.1, 0.15) is 48.0 Å². The maximum Gasteiger partial charge on any atom is 0.338 e. The number of carbonyl (C=O) groups is 2. The first-order chi connectivity index (χ1) is 14.0. The van der Waals surface area contributed by atoms with Gasteiger partial charge in [-0.15, -0.1) is 0 Å². The van der Waals surface area contributed by atoms with Crippen molar-refractivity contribution in [1.82, 2.24) is 0 Å². The molecule has 0 saturated heterocycles. The maximum atomic E-state index is 12.7. The van der Waals surface area contributed by atoms with Crippen molar-refractivity contribution < 1.29 is 23.8 Å². The Morgan fingerprint density at radius 3 is 2.31 bits per heavy atom. The molecule has 154 valence electrons. The van der Waals surface area contributed by atoms with E-state index >= 15 is 0 Å². The molecule has 0 radical (unpaired) electrons. The van der Waals surface area contributed by atoms with E-state index in [1.807, 2.05) is 18.2 Å². The van der Waals surface area contributed by atoms with Gasteiger partial charge in [-0.3, -0.25) is 4.79 Å². The third-order valence-corrected chi connectivity index (χ3v) is 5.11. The van der Waals surface area contributed by atoms with Crippen molar-refractivity contribution >= 4 is 17.6 Å². The number of ether oxygens (including phenoxy) is 3. The van der Waals surface area contributed by atoms with E-state index in [1.165, 1.54) is 0 Å². The summed E-state index contributed by atoms with van der Waals surface area (Å²) < 4.78 is 15.7. The van der Waals surface area contributed by atoms with Gasteiger partial charge in [-0.1, -0.05) is 6.07 Å². The number of carbonyl (C=O) groups excluding carboxylic acids is 2. The summed E-state index contributed by atoms with van der Waals surface area (Å²) in [5.41, 5.74) is 2.20. The Morgan fingerprint density at radius 1 is 1.03 bits per heavy atom. The van der Waals surface area contributed by atoms with Crippen molar-refractivity contribution in [3.8, 4) is 11.5 Å². The molecule has 1 unspecified atom stereocenters. The molecule has 29 heavy (non-hydrogen) atoms. The van der Waals surface area contributed by atoms with Gasteiger partial charge in [0.2, 0.25) is 5.91 Å². The highest BCUT2D eigenvalue weighted by Gasteiger charge is 2.34. The van der Waals surface area contributed by atoms with Crippen molar-refractivity contribution in [1.29, 1.82) is 0 Å². The average molecular weight is 397 g/mol. The normalized spacial score (nSPS) is 14.0. The number of rotatable bonds is 9. The van der Waals surface area contributed by atoms with Gasteiger partial charge in [0.15, 0.2) is 11.5 Å². The molecule has 1 fully saturated rings. The van der Waals surface area contributed by atoms with Crippen LogP contribution in [0.15, 0.2) is 42.5 Å². The van der Waals surface area contributed by atoms with Gasteiger partial charge in [0.25, 0.3) is 0 Å². The van der Waals surface area contributed by atoms with Crippen LogP contribution in [-0.2, 0) is 9.53 Å². The molecule has 1 saturated carbocycles. The highest BCUT2D eigenvalue weighted by molar-refractivity contribution is 5.93. The molecule has 1 aliphatic rings. The molecule has 1 amide bonds. The molecule has 0 aliphatic heterocycles. The number of nitrogens with one attached hydrogen (secondary N) is 1. The van der Waals surface area contributed by atoms with E-state index in [9.17, 15) is 9.59 Å². The molecular weight excluding hydrogens is 370 g/mol. The average Bonchev–Trinajstić information content (AvgIpc) is 3.57. The largest absolute Gasteiger partial charge is 0.493 e. The molecule has 2 aromatic carbocycles. The topological polar surface area (TPSA) is 73.9 Å². The number of esters is 1. The standard InChI is InChI=1S/C23H27NO5/c1-4-29-23(26)16-7-10-18(11-8-16)24-22(25)14-19(15-5-6-15)17-9-12-20(27-2)21(13-17)28-3/h7-13,15,19H,4-6,14H2,1-3H3,(H,24,25). The summed E-state index contributed by atoms with van der Waals surface area (Å²) in [5.74, 6) is 1.56. The minimum Gasteiger partial charge on any atom is -0.493 e. The lowest BCUT2D eigenvalue weighted by Crippen LogP contribution is -2.17. The van der Waals surface area contributed by atoms with Gasteiger partial charge in [-0.2, -0.15) is 0 Å². The molecule has 0 bridgehead atoms. The van der Waals surface area contributed by atoms with Gasteiger partial charge >= 0.3 is 5.97 Å². The summed E-state index contributed by atoms with van der Waals surface area (Å²) >= 11 is 0. The summed E-state index contributed by atoms with van der Waals surface area (Å²) in [4.78, 5) is 24.4. The molecule has 0 aromatic heterocycles. The SMILES string of the molecule is CCOC(=O)c1ccc(NC(=O)CC(c2ccc(OC)c(OC)c2)C2CC2)cc1. The second-order valence-electron chi connectivity index (χ2n) is 7.11. The summed E-state index contributed by atoms with van der Waals surface area (Å²) in [6.07, 6.45) is 2.64. The first-order valence-corrected chi connectivity index (χ1v) is 9.84. The molecule has 0 heterocycles. The van der Waals surface area contributed by atoms with Crippen LogP contribution in [0.2, 0.25) is 0 Å². The number of hydrogen-bond acceptors (Lipinski definition) is 5. The van der Waals surface area contributed by atoms with Crippen molar-refractivity contribution in [2.75, 3.05) is 26.1 Å². The molecule has 6 heteroatoms. The zero-order valence-corrected chi connectivity index (χ0v) is 17.1. The van der Waals surface area contributed by atoms with Gasteiger partial charge in [0, 0.05) is 12.1 Å². The Kier molecular flexibility index (Phi) is 6.75. The van der Waals surface area contributed by atoms with E-state index in [0.29, 0.717) is 41.7 Å². The fourth-order valence-electron chi connectivity index (χ4n) is 3.45. The second kappa shape index (κ2) is 9.45. The third kappa shape index (κ3) is 5.28. The predicted octanol–water partition coefficient (Wildman–Crippen LogP) is 4.40. The Morgan fingerprint density at radius 2 is 1.72 bits per heavy atom. The van der Waals surface area contributed by atoms with Gasteiger partial charge in [-0.05, 0) is 73.6 Å². The minimum atomic E-state index is -0.368. The van der Waals surface area contributed by atoms with Crippen LogP contribution in [0.25, 0.3) is 0 Å². The number of anilines is 1. The first-order valence-electron chi connectivity index (χ1n) is 9.84. The van der Waals surface area contributed by atoms with Crippen LogP contribution in [-0.4, -0.2) is 32.7 Å². The number of benzene rings is 2. The van der Waals surface area contributed by atoms with Gasteiger partial charge in [0.05, 0.1) is 26.4 Å². The zero-order valence-electron chi connectivity index (χ0n) is 17.1. The quantitative estimate of drug-likeness (QED) is 0.635. The van der Waals surface area contributed by atoms with Crippen molar-refractivity contribution in [3.05, 3.63) is 53.6 Å². The summed E-state index contributed by atoms with van der Waals surface area (Å²) in [5, 5.41) is 2.93. The fourth-order valence-corrected chi connectivity index (χ4v) is 3.45. The van der Waals surface area contributed by atoms with E-state index in [0.717, 1.165) is 18.4 Å². The van der Waals surface area contributed by atoms with Crippen molar-refractivity contribution in [3.63, 3.8) is 0 Å². The van der Waals surface area contributed by atoms with Crippen LogP contribution < -0.4 is 14.8 Å². The molecule has 1 N–H and O–H groups in total. The zero-order chi connectivity index (χ0) is 20.8. The van der Waals surface area contributed by atoms with Crippen molar-refractivity contribution in [2.24, 2.45) is 5.92 Å². The number of methoxy groups -OCH3 is 2. The predicted molar refractivity (Wildman–Crippen MR) is 111 cm³/mol. The van der Waals surface area contributed by atoms with E-state index in [1.54, 1.807) is 45.4 Å². The molecule has 2 aromatic rings. The molecule has 6 nitrogen and oxygen atoms in total. The summed E-state index contributed by atoms with van der Waals surface area (Å²) in [6, 6.07) is 12.6. The molecule has 3 rings (SSSR count). The number of hydrogen-bond donors (Lipinski definition) is 1. The number of amides is 1. The van der Waals surface area contributed by atoms with Gasteiger partial charge < -0.3 is 19.5 Å². The fraction of sp³-hybridized carbons (Fsp3) is 0.391. The van der Waals surface area contributed by atoms with Gasteiger partial charge in [0.1, 0.15) is 0 Å². The van der Waals surface area contributed by atoms with Crippen LogP contribution in [0.4, 0.5) is 5.69 Å². The van der Waals surface area contributed by atoms with Gasteiger partial charge in [-0.25, -0.2) is 4.79 Å². The second-order valence-corrected chi connectivity index (χ2v) is 7.11.